The predicted octanol–water partition coefficient (Wildman–Crippen LogP) is 2.05. The van der Waals surface area contributed by atoms with E-state index in [0.717, 1.165) is 37.3 Å². The second-order valence-corrected chi connectivity index (χ2v) is 5.33. The minimum absolute atomic E-state index is 0.210. The van der Waals surface area contributed by atoms with E-state index in [1.165, 1.54) is 11.1 Å². The molecule has 1 aromatic carbocycles. The SMILES string of the molecule is NC(=O)CCCCNC1Cc2ccc(Cl)cc2C1. The monoisotopic (exact) mass is 266 g/mol. The summed E-state index contributed by atoms with van der Waals surface area (Å²) in [4.78, 5) is 10.6. The number of carbonyl (C=O) groups excluding carboxylic acids is 1. The molecule has 0 radical (unpaired) electrons. The molecule has 0 saturated heterocycles. The Hall–Kier alpha value is -1.06. The molecule has 0 saturated carbocycles. The summed E-state index contributed by atoms with van der Waals surface area (Å²) >= 11 is 5.98. The van der Waals surface area contributed by atoms with Gasteiger partial charge in [0.1, 0.15) is 0 Å². The van der Waals surface area contributed by atoms with Crippen LogP contribution in [-0.4, -0.2) is 18.5 Å². The number of benzene rings is 1. The highest BCUT2D eigenvalue weighted by Crippen LogP contribution is 2.25. The van der Waals surface area contributed by atoms with Gasteiger partial charge in [-0.2, -0.15) is 0 Å². The van der Waals surface area contributed by atoms with Gasteiger partial charge in [-0.3, -0.25) is 4.79 Å². The Morgan fingerprint density at radius 1 is 1.33 bits per heavy atom. The van der Waals surface area contributed by atoms with Crippen LogP contribution in [0, 0.1) is 0 Å². The van der Waals surface area contributed by atoms with Gasteiger partial charge < -0.3 is 11.1 Å². The fraction of sp³-hybridized carbons (Fsp3) is 0.500. The topological polar surface area (TPSA) is 55.1 Å². The number of rotatable bonds is 6. The smallest absolute Gasteiger partial charge is 0.217 e. The number of fused-ring (bicyclic) bond motifs is 1. The maximum atomic E-state index is 10.6. The Balaban J connectivity index is 1.70. The van der Waals surface area contributed by atoms with Gasteiger partial charge in [0, 0.05) is 17.5 Å². The highest BCUT2D eigenvalue weighted by Gasteiger charge is 2.20. The zero-order valence-corrected chi connectivity index (χ0v) is 11.2. The molecule has 0 aliphatic heterocycles. The van der Waals surface area contributed by atoms with Crippen LogP contribution in [0.25, 0.3) is 0 Å². The van der Waals surface area contributed by atoms with Gasteiger partial charge in [-0.25, -0.2) is 0 Å². The van der Waals surface area contributed by atoms with Crippen molar-refractivity contribution >= 4 is 17.5 Å². The first-order valence-electron chi connectivity index (χ1n) is 6.44. The van der Waals surface area contributed by atoms with E-state index in [-0.39, 0.29) is 5.91 Å². The van der Waals surface area contributed by atoms with Gasteiger partial charge in [-0.1, -0.05) is 17.7 Å². The van der Waals surface area contributed by atoms with Crippen LogP contribution in [0.2, 0.25) is 5.02 Å². The molecular weight excluding hydrogens is 248 g/mol. The third kappa shape index (κ3) is 3.72. The number of halogens is 1. The minimum Gasteiger partial charge on any atom is -0.370 e. The van der Waals surface area contributed by atoms with E-state index < -0.39 is 0 Å². The maximum Gasteiger partial charge on any atom is 0.217 e. The van der Waals surface area contributed by atoms with Gasteiger partial charge in [0.15, 0.2) is 0 Å². The molecule has 1 aromatic rings. The van der Waals surface area contributed by atoms with Crippen LogP contribution in [0.3, 0.4) is 0 Å². The van der Waals surface area contributed by atoms with E-state index >= 15 is 0 Å². The Labute approximate surface area is 113 Å². The second-order valence-electron chi connectivity index (χ2n) is 4.90. The lowest BCUT2D eigenvalue weighted by Gasteiger charge is -2.11. The molecule has 1 unspecified atom stereocenters. The van der Waals surface area contributed by atoms with Crippen LogP contribution in [0.1, 0.15) is 30.4 Å². The summed E-state index contributed by atoms with van der Waals surface area (Å²) in [7, 11) is 0. The van der Waals surface area contributed by atoms with Crippen molar-refractivity contribution in [3.8, 4) is 0 Å². The highest BCUT2D eigenvalue weighted by molar-refractivity contribution is 6.30. The number of unbranched alkanes of at least 4 members (excludes halogenated alkanes) is 1. The van der Waals surface area contributed by atoms with Crippen LogP contribution >= 0.6 is 11.6 Å². The Morgan fingerprint density at radius 3 is 2.89 bits per heavy atom. The van der Waals surface area contributed by atoms with Crippen LogP contribution < -0.4 is 11.1 Å². The van der Waals surface area contributed by atoms with E-state index in [0.29, 0.717) is 12.5 Å². The first kappa shape index (κ1) is 13.4. The average Bonchev–Trinajstić information content (AvgIpc) is 2.70. The molecule has 2 rings (SSSR count). The molecule has 1 aliphatic rings. The molecule has 18 heavy (non-hydrogen) atoms. The van der Waals surface area contributed by atoms with E-state index in [2.05, 4.69) is 17.4 Å². The second kappa shape index (κ2) is 6.21. The van der Waals surface area contributed by atoms with Crippen molar-refractivity contribution in [3.63, 3.8) is 0 Å². The van der Waals surface area contributed by atoms with E-state index in [1.54, 1.807) is 0 Å². The van der Waals surface area contributed by atoms with Gasteiger partial charge in [0.2, 0.25) is 5.91 Å². The third-order valence-electron chi connectivity index (χ3n) is 3.38. The molecule has 98 valence electrons. The lowest BCUT2D eigenvalue weighted by molar-refractivity contribution is -0.118. The van der Waals surface area contributed by atoms with Crippen LogP contribution in [0.5, 0.6) is 0 Å². The van der Waals surface area contributed by atoms with Gasteiger partial charge in [-0.05, 0) is 55.5 Å². The summed E-state index contributed by atoms with van der Waals surface area (Å²) in [5, 5.41) is 4.34. The lowest BCUT2D eigenvalue weighted by Crippen LogP contribution is -2.30. The Bertz CT molecular complexity index is 434. The van der Waals surface area contributed by atoms with Crippen LogP contribution in [0.4, 0.5) is 0 Å². The van der Waals surface area contributed by atoms with E-state index in [1.807, 2.05) is 6.07 Å². The van der Waals surface area contributed by atoms with E-state index in [4.69, 9.17) is 17.3 Å². The van der Waals surface area contributed by atoms with Crippen molar-refractivity contribution in [1.29, 1.82) is 0 Å². The maximum absolute atomic E-state index is 10.6. The highest BCUT2D eigenvalue weighted by atomic mass is 35.5. The average molecular weight is 267 g/mol. The molecule has 0 heterocycles. The first-order valence-corrected chi connectivity index (χ1v) is 6.82. The number of nitrogens with two attached hydrogens (primary N) is 1. The summed E-state index contributed by atoms with van der Waals surface area (Å²) in [6.07, 6.45) is 4.47. The van der Waals surface area contributed by atoms with Crippen molar-refractivity contribution in [2.24, 2.45) is 5.73 Å². The fourth-order valence-corrected chi connectivity index (χ4v) is 2.66. The molecule has 3 nitrogen and oxygen atoms in total. The Morgan fingerprint density at radius 2 is 2.11 bits per heavy atom. The molecule has 0 bridgehead atoms. The van der Waals surface area contributed by atoms with Gasteiger partial charge >= 0.3 is 0 Å². The zero-order chi connectivity index (χ0) is 13.0. The molecule has 3 N–H and O–H groups in total. The zero-order valence-electron chi connectivity index (χ0n) is 10.4. The molecular formula is C14H19ClN2O. The number of hydrogen-bond donors (Lipinski definition) is 2. The number of carbonyl (C=O) groups is 1. The van der Waals surface area contributed by atoms with Gasteiger partial charge in [0.05, 0.1) is 0 Å². The van der Waals surface area contributed by atoms with Crippen molar-refractivity contribution < 1.29 is 4.79 Å². The van der Waals surface area contributed by atoms with Crippen molar-refractivity contribution in [1.82, 2.24) is 5.32 Å². The molecule has 1 atom stereocenters. The molecule has 4 heteroatoms. The summed E-state index contributed by atoms with van der Waals surface area (Å²) in [6.45, 7) is 0.944. The van der Waals surface area contributed by atoms with Crippen molar-refractivity contribution in [2.75, 3.05) is 6.54 Å². The van der Waals surface area contributed by atoms with E-state index in [9.17, 15) is 4.79 Å². The molecule has 0 fully saturated rings. The molecule has 1 aliphatic carbocycles. The summed E-state index contributed by atoms with van der Waals surface area (Å²) in [6, 6.07) is 6.64. The fourth-order valence-electron chi connectivity index (χ4n) is 2.46. The van der Waals surface area contributed by atoms with Gasteiger partial charge in [-0.15, -0.1) is 0 Å². The Kier molecular flexibility index (Phi) is 4.61. The van der Waals surface area contributed by atoms with Gasteiger partial charge in [0.25, 0.3) is 0 Å². The lowest BCUT2D eigenvalue weighted by atomic mass is 10.1. The standard InChI is InChI=1S/C14H19ClN2O/c15-12-5-4-10-8-13(9-11(10)7-12)17-6-2-1-3-14(16)18/h4-5,7,13,17H,1-3,6,8-9H2,(H2,16,18). The number of amides is 1. The summed E-state index contributed by atoms with van der Waals surface area (Å²) in [5.41, 5.74) is 7.85. The minimum atomic E-state index is -0.210. The first-order chi connectivity index (χ1) is 8.65. The molecule has 0 spiro atoms. The van der Waals surface area contributed by atoms with Crippen molar-refractivity contribution in [3.05, 3.63) is 34.3 Å². The number of primary amides is 1. The summed E-state index contributed by atoms with van der Waals surface area (Å²) < 4.78 is 0. The molecule has 1 amide bonds. The summed E-state index contributed by atoms with van der Waals surface area (Å²) in [5.74, 6) is -0.210. The number of hydrogen-bond acceptors (Lipinski definition) is 2. The molecule has 0 aromatic heterocycles. The van der Waals surface area contributed by atoms with Crippen LogP contribution in [-0.2, 0) is 17.6 Å². The van der Waals surface area contributed by atoms with Crippen molar-refractivity contribution in [2.45, 2.75) is 38.1 Å². The number of nitrogens with one attached hydrogen (secondary N) is 1. The third-order valence-corrected chi connectivity index (χ3v) is 3.62. The largest absolute Gasteiger partial charge is 0.370 e. The quantitative estimate of drug-likeness (QED) is 0.775. The normalized spacial score (nSPS) is 17.7. The predicted molar refractivity (Wildman–Crippen MR) is 73.7 cm³/mol. The van der Waals surface area contributed by atoms with Crippen LogP contribution in [0.15, 0.2) is 18.2 Å².